The molecule has 5 nitrogen and oxygen atoms in total. The van der Waals surface area contributed by atoms with Crippen molar-refractivity contribution < 1.29 is 12.6 Å². The Morgan fingerprint density at radius 3 is 2.60 bits per heavy atom. The third-order valence-corrected chi connectivity index (χ3v) is 3.32. The number of hydrogen-bond donors (Lipinski definition) is 0. The summed E-state index contributed by atoms with van der Waals surface area (Å²) in [5.74, 6) is 0.174. The van der Waals surface area contributed by atoms with Crippen LogP contribution in [0.2, 0.25) is 0 Å². The molecule has 86 valence electrons. The van der Waals surface area contributed by atoms with Gasteiger partial charge in [-0.05, 0) is 12.8 Å². The van der Waals surface area contributed by atoms with E-state index in [0.29, 0.717) is 6.42 Å². The van der Waals surface area contributed by atoms with Crippen molar-refractivity contribution in [3.05, 3.63) is 11.8 Å². The van der Waals surface area contributed by atoms with Gasteiger partial charge in [-0.2, -0.15) is 8.42 Å². The zero-order valence-corrected chi connectivity index (χ0v) is 10.0. The first-order valence-corrected chi connectivity index (χ1v) is 6.51. The molecule has 15 heavy (non-hydrogen) atoms. The highest BCUT2D eigenvalue weighted by Crippen LogP contribution is 2.13. The number of aromatic nitrogens is 2. The molecule has 1 heterocycles. The van der Waals surface area contributed by atoms with Crippen molar-refractivity contribution in [1.29, 1.82) is 0 Å². The molecule has 0 bridgehead atoms. The van der Waals surface area contributed by atoms with Crippen molar-refractivity contribution in [2.75, 3.05) is 5.75 Å². The first kappa shape index (κ1) is 12.0. The van der Waals surface area contributed by atoms with Crippen LogP contribution in [0.4, 0.5) is 0 Å². The second-order valence-corrected chi connectivity index (χ2v) is 4.99. The minimum Gasteiger partial charge on any atom is -0.360 e. The first-order valence-electron chi connectivity index (χ1n) is 4.93. The Hall–Kier alpha value is -1.04. The average Bonchev–Trinajstić information content (AvgIpc) is 2.44. The zero-order chi connectivity index (χ0) is 11.5. The third kappa shape index (κ3) is 3.23. The molecule has 0 aliphatic heterocycles. The zero-order valence-electron chi connectivity index (χ0n) is 9.23. The number of nitrogens with zero attached hydrogens (tertiary/aromatic N) is 2. The maximum absolute atomic E-state index is 11.3. The van der Waals surface area contributed by atoms with Gasteiger partial charge in [0.1, 0.15) is 0 Å². The molecular weight excluding hydrogens is 216 g/mol. The number of aryl methyl sites for hydroxylation is 2. The molecule has 0 amide bonds. The largest absolute Gasteiger partial charge is 0.360 e. The highest BCUT2D eigenvalue weighted by Gasteiger charge is 2.14. The van der Waals surface area contributed by atoms with E-state index in [9.17, 15) is 8.42 Å². The normalized spacial score (nSPS) is 11.7. The van der Waals surface area contributed by atoms with Crippen LogP contribution in [-0.2, 0) is 23.6 Å². The summed E-state index contributed by atoms with van der Waals surface area (Å²) in [5, 5.41) is 3.96. The fourth-order valence-corrected chi connectivity index (χ4v) is 2.20. The molecule has 6 heteroatoms. The summed E-state index contributed by atoms with van der Waals surface area (Å²) >= 11 is 0. The SMILES string of the molecule is CCCS(=O)(=O)Oc1cc(CC)n(C)n1. The lowest BCUT2D eigenvalue weighted by Gasteiger charge is -2.00. The number of rotatable bonds is 5. The summed E-state index contributed by atoms with van der Waals surface area (Å²) in [6.07, 6.45) is 1.33. The summed E-state index contributed by atoms with van der Waals surface area (Å²) in [6.45, 7) is 3.76. The van der Waals surface area contributed by atoms with E-state index in [1.54, 1.807) is 24.7 Å². The van der Waals surface area contributed by atoms with Gasteiger partial charge in [0.15, 0.2) is 0 Å². The Labute approximate surface area is 90.2 Å². The van der Waals surface area contributed by atoms with E-state index in [1.165, 1.54) is 0 Å². The Kier molecular flexibility index (Phi) is 3.73. The molecule has 1 aromatic rings. The molecule has 0 aliphatic carbocycles. The molecule has 0 spiro atoms. The van der Waals surface area contributed by atoms with E-state index in [-0.39, 0.29) is 11.6 Å². The van der Waals surface area contributed by atoms with Crippen LogP contribution >= 0.6 is 0 Å². The maximum atomic E-state index is 11.3. The van der Waals surface area contributed by atoms with E-state index < -0.39 is 10.1 Å². The molecule has 0 saturated carbocycles. The van der Waals surface area contributed by atoms with Crippen molar-refractivity contribution in [3.8, 4) is 5.88 Å². The van der Waals surface area contributed by atoms with E-state index in [2.05, 4.69) is 5.10 Å². The van der Waals surface area contributed by atoms with Crippen LogP contribution in [-0.4, -0.2) is 24.0 Å². The summed E-state index contributed by atoms with van der Waals surface area (Å²) < 4.78 is 29.1. The van der Waals surface area contributed by atoms with E-state index in [0.717, 1.165) is 12.1 Å². The lowest BCUT2D eigenvalue weighted by atomic mass is 10.3. The lowest BCUT2D eigenvalue weighted by molar-refractivity contribution is 0.470. The summed E-state index contributed by atoms with van der Waals surface area (Å²) in [5.41, 5.74) is 0.941. The quantitative estimate of drug-likeness (QED) is 0.713. The fraction of sp³-hybridized carbons (Fsp3) is 0.667. The highest BCUT2D eigenvalue weighted by molar-refractivity contribution is 7.87. The Balaban J connectivity index is 2.81. The van der Waals surface area contributed by atoms with Gasteiger partial charge in [-0.15, -0.1) is 5.10 Å². The smallest absolute Gasteiger partial charge is 0.310 e. The fourth-order valence-electron chi connectivity index (χ4n) is 1.27. The van der Waals surface area contributed by atoms with Crippen LogP contribution in [0.1, 0.15) is 26.0 Å². The molecule has 0 unspecified atom stereocenters. The third-order valence-electron chi connectivity index (χ3n) is 1.98. The van der Waals surface area contributed by atoms with Crippen LogP contribution in [0.15, 0.2) is 6.07 Å². The van der Waals surface area contributed by atoms with E-state index >= 15 is 0 Å². The van der Waals surface area contributed by atoms with Gasteiger partial charge in [0.25, 0.3) is 5.88 Å². The van der Waals surface area contributed by atoms with Crippen molar-refractivity contribution in [3.63, 3.8) is 0 Å². The molecule has 0 atom stereocenters. The van der Waals surface area contributed by atoms with Gasteiger partial charge in [0.2, 0.25) is 0 Å². The minimum absolute atomic E-state index is 0.0189. The average molecular weight is 232 g/mol. The van der Waals surface area contributed by atoms with Crippen molar-refractivity contribution in [1.82, 2.24) is 9.78 Å². The lowest BCUT2D eigenvalue weighted by Crippen LogP contribution is -2.13. The number of hydrogen-bond acceptors (Lipinski definition) is 4. The molecular formula is C9H16N2O3S. The molecule has 0 aromatic carbocycles. The van der Waals surface area contributed by atoms with Crippen molar-refractivity contribution in [2.24, 2.45) is 7.05 Å². The van der Waals surface area contributed by atoms with Gasteiger partial charge in [-0.25, -0.2) is 0 Å². The van der Waals surface area contributed by atoms with Crippen molar-refractivity contribution in [2.45, 2.75) is 26.7 Å². The molecule has 0 N–H and O–H groups in total. The summed E-state index contributed by atoms with van der Waals surface area (Å²) in [4.78, 5) is 0. The van der Waals surface area contributed by atoms with Crippen molar-refractivity contribution >= 4 is 10.1 Å². The Morgan fingerprint density at radius 2 is 2.13 bits per heavy atom. The highest BCUT2D eigenvalue weighted by atomic mass is 32.2. The predicted octanol–water partition coefficient (Wildman–Crippen LogP) is 1.10. The second-order valence-electron chi connectivity index (χ2n) is 3.30. The minimum atomic E-state index is -3.47. The predicted molar refractivity (Wildman–Crippen MR) is 57.3 cm³/mol. The van der Waals surface area contributed by atoms with Gasteiger partial charge in [-0.1, -0.05) is 13.8 Å². The summed E-state index contributed by atoms with van der Waals surface area (Å²) in [6, 6.07) is 1.65. The van der Waals surface area contributed by atoms with Crippen LogP contribution in [0, 0.1) is 0 Å². The first-order chi connectivity index (χ1) is 6.98. The van der Waals surface area contributed by atoms with Gasteiger partial charge in [-0.3, -0.25) is 4.68 Å². The molecule has 0 saturated heterocycles. The van der Waals surface area contributed by atoms with E-state index in [4.69, 9.17) is 4.18 Å². The van der Waals surface area contributed by atoms with Gasteiger partial charge < -0.3 is 4.18 Å². The summed E-state index contributed by atoms with van der Waals surface area (Å²) in [7, 11) is -1.71. The Morgan fingerprint density at radius 1 is 1.47 bits per heavy atom. The van der Waals surface area contributed by atoms with Crippen LogP contribution in [0.25, 0.3) is 0 Å². The molecule has 0 fully saturated rings. The monoisotopic (exact) mass is 232 g/mol. The molecule has 0 aliphatic rings. The molecule has 1 aromatic heterocycles. The van der Waals surface area contributed by atoms with Crippen LogP contribution in [0.3, 0.4) is 0 Å². The molecule has 1 rings (SSSR count). The van der Waals surface area contributed by atoms with E-state index in [1.807, 2.05) is 6.92 Å². The standard InChI is InChI=1S/C9H16N2O3S/c1-4-6-15(12,13)14-9-7-8(5-2)11(3)10-9/h7H,4-6H2,1-3H3. The van der Waals surface area contributed by atoms with Crippen LogP contribution in [0.5, 0.6) is 5.88 Å². The van der Waals surface area contributed by atoms with Crippen LogP contribution < -0.4 is 4.18 Å². The second kappa shape index (κ2) is 4.65. The van der Waals surface area contributed by atoms with Gasteiger partial charge in [0, 0.05) is 18.8 Å². The Bertz CT molecular complexity index is 423. The maximum Gasteiger partial charge on any atom is 0.310 e. The molecule has 0 radical (unpaired) electrons. The van der Waals surface area contributed by atoms with Gasteiger partial charge in [0.05, 0.1) is 5.75 Å². The topological polar surface area (TPSA) is 61.2 Å². The van der Waals surface area contributed by atoms with Gasteiger partial charge >= 0.3 is 10.1 Å².